The van der Waals surface area contributed by atoms with Crippen LogP contribution in [0.3, 0.4) is 0 Å². The average Bonchev–Trinajstić information content (AvgIpc) is 3.01. The van der Waals surface area contributed by atoms with Crippen molar-refractivity contribution in [1.82, 2.24) is 14.8 Å². The van der Waals surface area contributed by atoms with Gasteiger partial charge in [0.2, 0.25) is 0 Å². The Morgan fingerprint density at radius 1 is 1.26 bits per heavy atom. The Hall–Kier alpha value is -1.14. The number of hydrogen-bond donors (Lipinski definition) is 1. The molecule has 0 fully saturated rings. The summed E-state index contributed by atoms with van der Waals surface area (Å²) >= 11 is 19.1. The van der Waals surface area contributed by atoms with E-state index >= 15 is 0 Å². The number of benzene rings is 1. The van der Waals surface area contributed by atoms with Crippen LogP contribution < -0.4 is 0 Å². The van der Waals surface area contributed by atoms with Crippen molar-refractivity contribution in [3.63, 3.8) is 0 Å². The molecule has 1 aromatic carbocycles. The molecule has 0 aliphatic rings. The van der Waals surface area contributed by atoms with E-state index in [2.05, 4.69) is 10.2 Å². The zero-order chi connectivity index (χ0) is 13.4. The van der Waals surface area contributed by atoms with Gasteiger partial charge in [-0.1, -0.05) is 29.3 Å². The second-order valence-corrected chi connectivity index (χ2v) is 5.94. The summed E-state index contributed by atoms with van der Waals surface area (Å²) in [5, 5.41) is 10.2. The molecule has 7 heteroatoms. The minimum Gasteiger partial charge on any atom is -0.266 e. The van der Waals surface area contributed by atoms with Crippen LogP contribution in [0.5, 0.6) is 0 Å². The largest absolute Gasteiger partial charge is 0.266 e. The first-order valence-corrected chi connectivity index (χ1v) is 7.38. The van der Waals surface area contributed by atoms with Crippen LogP contribution in [0, 0.1) is 4.77 Å². The highest BCUT2D eigenvalue weighted by atomic mass is 35.5. The van der Waals surface area contributed by atoms with Crippen molar-refractivity contribution in [2.75, 3.05) is 0 Å². The Morgan fingerprint density at radius 3 is 2.84 bits per heavy atom. The molecular formula is C12H7Cl2N3S2. The quantitative estimate of drug-likeness (QED) is 0.674. The number of hydrogen-bond acceptors (Lipinski definition) is 3. The Morgan fingerprint density at radius 2 is 2.11 bits per heavy atom. The first-order valence-electron chi connectivity index (χ1n) is 5.33. The van der Waals surface area contributed by atoms with Gasteiger partial charge in [-0.2, -0.15) is 5.10 Å². The lowest BCUT2D eigenvalue weighted by atomic mass is 10.3. The molecule has 19 heavy (non-hydrogen) atoms. The summed E-state index contributed by atoms with van der Waals surface area (Å²) < 4.78 is 2.27. The van der Waals surface area contributed by atoms with Gasteiger partial charge in [-0.25, -0.2) is 0 Å². The van der Waals surface area contributed by atoms with E-state index in [4.69, 9.17) is 35.4 Å². The van der Waals surface area contributed by atoms with Gasteiger partial charge in [0.1, 0.15) is 0 Å². The number of aromatic nitrogens is 3. The number of rotatable bonds is 2. The summed E-state index contributed by atoms with van der Waals surface area (Å²) in [7, 11) is 0. The molecule has 0 aliphatic carbocycles. The third-order valence-corrected chi connectivity index (χ3v) is 4.26. The van der Waals surface area contributed by atoms with Gasteiger partial charge in [0.05, 0.1) is 15.6 Å². The lowest BCUT2D eigenvalue weighted by Gasteiger charge is -2.08. The van der Waals surface area contributed by atoms with Crippen LogP contribution >= 0.6 is 46.8 Å². The van der Waals surface area contributed by atoms with E-state index in [1.54, 1.807) is 34.1 Å². The van der Waals surface area contributed by atoms with Crippen molar-refractivity contribution in [1.29, 1.82) is 0 Å². The number of nitrogens with one attached hydrogen (secondary N) is 1. The molecule has 0 amide bonds. The SMILES string of the molecule is S=c1[nH]nc(-c2cccs2)n1-c1cc(Cl)ccc1Cl. The Bertz CT molecular complexity index is 775. The zero-order valence-electron chi connectivity index (χ0n) is 9.43. The van der Waals surface area contributed by atoms with Crippen LogP contribution in [-0.4, -0.2) is 14.8 Å². The second kappa shape index (κ2) is 5.09. The smallest absolute Gasteiger partial charge is 0.200 e. The van der Waals surface area contributed by atoms with Gasteiger partial charge in [-0.3, -0.25) is 9.67 Å². The Labute approximate surface area is 128 Å². The summed E-state index contributed by atoms with van der Waals surface area (Å²) in [6.07, 6.45) is 0. The maximum atomic E-state index is 6.23. The molecule has 0 saturated carbocycles. The van der Waals surface area contributed by atoms with Crippen LogP contribution in [0.15, 0.2) is 35.7 Å². The molecule has 0 radical (unpaired) electrons. The monoisotopic (exact) mass is 327 g/mol. The Balaban J connectivity index is 2.29. The fraction of sp³-hybridized carbons (Fsp3) is 0. The van der Waals surface area contributed by atoms with E-state index in [9.17, 15) is 0 Å². The second-order valence-electron chi connectivity index (χ2n) is 3.76. The third-order valence-electron chi connectivity index (χ3n) is 2.56. The van der Waals surface area contributed by atoms with Crippen molar-refractivity contribution < 1.29 is 0 Å². The topological polar surface area (TPSA) is 33.6 Å². The van der Waals surface area contributed by atoms with Gasteiger partial charge in [0, 0.05) is 5.02 Å². The highest BCUT2D eigenvalue weighted by Gasteiger charge is 2.14. The van der Waals surface area contributed by atoms with Crippen LogP contribution in [0.4, 0.5) is 0 Å². The number of aromatic amines is 1. The first-order chi connectivity index (χ1) is 9.16. The van der Waals surface area contributed by atoms with Crippen molar-refractivity contribution in [2.24, 2.45) is 0 Å². The molecule has 3 aromatic rings. The van der Waals surface area contributed by atoms with Gasteiger partial charge in [0.15, 0.2) is 10.6 Å². The first kappa shape index (κ1) is 12.9. The third kappa shape index (κ3) is 2.34. The van der Waals surface area contributed by atoms with Gasteiger partial charge < -0.3 is 0 Å². The van der Waals surface area contributed by atoms with Gasteiger partial charge in [0.25, 0.3) is 0 Å². The predicted octanol–water partition coefficient (Wildman–Crippen LogP) is 4.97. The van der Waals surface area contributed by atoms with E-state index in [-0.39, 0.29) is 0 Å². The van der Waals surface area contributed by atoms with Gasteiger partial charge >= 0.3 is 0 Å². The molecule has 0 saturated heterocycles. The number of nitrogens with zero attached hydrogens (tertiary/aromatic N) is 2. The van der Waals surface area contributed by atoms with E-state index in [0.717, 1.165) is 16.4 Å². The van der Waals surface area contributed by atoms with Crippen LogP contribution in [0.25, 0.3) is 16.4 Å². The normalized spacial score (nSPS) is 10.8. The van der Waals surface area contributed by atoms with Crippen molar-refractivity contribution in [3.8, 4) is 16.4 Å². The molecule has 0 atom stereocenters. The van der Waals surface area contributed by atoms with Crippen LogP contribution in [0.1, 0.15) is 0 Å². The summed E-state index contributed by atoms with van der Waals surface area (Å²) in [5.74, 6) is 0.726. The highest BCUT2D eigenvalue weighted by molar-refractivity contribution is 7.71. The summed E-state index contributed by atoms with van der Waals surface area (Å²) in [6.45, 7) is 0. The van der Waals surface area contributed by atoms with Crippen LogP contribution in [0.2, 0.25) is 10.0 Å². The fourth-order valence-electron chi connectivity index (χ4n) is 1.75. The highest BCUT2D eigenvalue weighted by Crippen LogP contribution is 2.30. The maximum Gasteiger partial charge on any atom is 0.200 e. The lowest BCUT2D eigenvalue weighted by molar-refractivity contribution is 1.04. The summed E-state index contributed by atoms with van der Waals surface area (Å²) in [5.41, 5.74) is 0.719. The number of halogens is 2. The number of H-pyrrole nitrogens is 1. The zero-order valence-corrected chi connectivity index (χ0v) is 12.6. The molecule has 0 bridgehead atoms. The molecule has 96 valence electrons. The molecule has 3 rings (SSSR count). The van der Waals surface area contributed by atoms with E-state index < -0.39 is 0 Å². The van der Waals surface area contributed by atoms with Crippen molar-refractivity contribution >= 4 is 46.8 Å². The number of thiophene rings is 1. The predicted molar refractivity (Wildman–Crippen MR) is 82.1 cm³/mol. The summed E-state index contributed by atoms with van der Waals surface area (Å²) in [6, 6.07) is 9.19. The molecule has 2 aromatic heterocycles. The molecule has 3 nitrogen and oxygen atoms in total. The minimum atomic E-state index is 0.479. The molecule has 0 aliphatic heterocycles. The van der Waals surface area contributed by atoms with E-state index in [1.807, 2.05) is 17.5 Å². The fourth-order valence-corrected chi connectivity index (χ4v) is 3.05. The Kier molecular flexibility index (Phi) is 3.45. The summed E-state index contributed by atoms with van der Waals surface area (Å²) in [4.78, 5) is 1.00. The molecule has 0 unspecified atom stereocenters. The van der Waals surface area contributed by atoms with Crippen LogP contribution in [-0.2, 0) is 0 Å². The van der Waals surface area contributed by atoms with Crippen molar-refractivity contribution in [2.45, 2.75) is 0 Å². The molecule has 1 N–H and O–H groups in total. The van der Waals surface area contributed by atoms with Gasteiger partial charge in [-0.05, 0) is 41.9 Å². The lowest BCUT2D eigenvalue weighted by Crippen LogP contribution is -1.97. The van der Waals surface area contributed by atoms with Gasteiger partial charge in [-0.15, -0.1) is 11.3 Å². The average molecular weight is 328 g/mol. The molecular weight excluding hydrogens is 321 g/mol. The maximum absolute atomic E-state index is 6.23. The van der Waals surface area contributed by atoms with E-state index in [1.165, 1.54) is 0 Å². The molecule has 0 spiro atoms. The van der Waals surface area contributed by atoms with Crippen molar-refractivity contribution in [3.05, 3.63) is 50.5 Å². The standard InChI is InChI=1S/C12H7Cl2N3S2/c13-7-3-4-8(14)9(6-7)17-11(15-16-12(17)18)10-2-1-5-19-10/h1-6H,(H,16,18). The minimum absolute atomic E-state index is 0.479. The molecule has 2 heterocycles. The van der Waals surface area contributed by atoms with E-state index in [0.29, 0.717) is 14.8 Å².